The van der Waals surface area contributed by atoms with Gasteiger partial charge in [-0.25, -0.2) is 4.39 Å². The summed E-state index contributed by atoms with van der Waals surface area (Å²) in [6.45, 7) is 2.25. The molecule has 1 aromatic heterocycles. The summed E-state index contributed by atoms with van der Waals surface area (Å²) < 4.78 is 20.5. The van der Waals surface area contributed by atoms with E-state index in [1.165, 1.54) is 12.1 Å². The lowest BCUT2D eigenvalue weighted by molar-refractivity contribution is 0.0726. The Bertz CT molecular complexity index is 686. The Balaban J connectivity index is 1.71. The summed E-state index contributed by atoms with van der Waals surface area (Å²) in [5.41, 5.74) is 1.49. The summed E-state index contributed by atoms with van der Waals surface area (Å²) in [5.74, 6) is -0.129. The lowest BCUT2D eigenvalue weighted by atomic mass is 9.99. The number of rotatable bonds is 3. The maximum atomic E-state index is 13.3. The van der Waals surface area contributed by atoms with Crippen LogP contribution in [0.3, 0.4) is 0 Å². The second kappa shape index (κ2) is 6.91. The van der Waals surface area contributed by atoms with Gasteiger partial charge in [0, 0.05) is 32.3 Å². The van der Waals surface area contributed by atoms with Gasteiger partial charge in [-0.2, -0.15) is 5.10 Å². The van der Waals surface area contributed by atoms with Gasteiger partial charge in [0.05, 0.1) is 13.2 Å². The number of benzene rings is 1. The molecule has 6 heteroatoms. The summed E-state index contributed by atoms with van der Waals surface area (Å²) in [6.07, 6.45) is 2.30. The average Bonchev–Trinajstić information content (AvgIpc) is 2.81. The highest BCUT2D eigenvalue weighted by atomic mass is 19.1. The minimum absolute atomic E-state index is 0.0419. The molecule has 23 heavy (non-hydrogen) atoms. The predicted octanol–water partition coefficient (Wildman–Crippen LogP) is 1.89. The number of nitrogens with zero attached hydrogens (tertiary/aromatic N) is 3. The Morgan fingerprint density at radius 3 is 3.04 bits per heavy atom. The molecule has 1 aromatic carbocycles. The van der Waals surface area contributed by atoms with Gasteiger partial charge in [-0.15, -0.1) is 0 Å². The van der Waals surface area contributed by atoms with Gasteiger partial charge in [0.25, 0.3) is 5.91 Å². The monoisotopic (exact) mass is 317 g/mol. The Kier molecular flexibility index (Phi) is 4.71. The summed E-state index contributed by atoms with van der Waals surface area (Å²) >= 11 is 0. The standard InChI is InChI=1S/C17H20FN3O2/c1-20-16(5-6-19-20)17(22)21-7-8-23-12-14(11-21)9-13-3-2-4-15(18)10-13/h2-6,10,14H,7-9,11-12H2,1H3. The van der Waals surface area contributed by atoms with Gasteiger partial charge in [0.15, 0.2) is 0 Å². The van der Waals surface area contributed by atoms with Crippen LogP contribution in [0.5, 0.6) is 0 Å². The van der Waals surface area contributed by atoms with E-state index in [1.54, 1.807) is 35.0 Å². The van der Waals surface area contributed by atoms with Crippen LogP contribution in [0, 0.1) is 11.7 Å². The fraction of sp³-hybridized carbons (Fsp3) is 0.412. The third-order valence-corrected chi connectivity index (χ3v) is 4.08. The van der Waals surface area contributed by atoms with E-state index in [4.69, 9.17) is 4.74 Å². The van der Waals surface area contributed by atoms with Gasteiger partial charge < -0.3 is 9.64 Å². The van der Waals surface area contributed by atoms with Crippen LogP contribution in [0.15, 0.2) is 36.5 Å². The molecule has 2 heterocycles. The van der Waals surface area contributed by atoms with Crippen LogP contribution in [-0.4, -0.2) is 46.9 Å². The fourth-order valence-corrected chi connectivity index (χ4v) is 2.93. The molecule has 1 unspecified atom stereocenters. The number of carbonyl (C=O) groups is 1. The molecule has 0 N–H and O–H groups in total. The Morgan fingerprint density at radius 2 is 2.30 bits per heavy atom. The van der Waals surface area contributed by atoms with Crippen LogP contribution >= 0.6 is 0 Å². The molecule has 1 fully saturated rings. The molecule has 1 saturated heterocycles. The molecule has 1 aliphatic heterocycles. The van der Waals surface area contributed by atoms with Gasteiger partial charge in [-0.1, -0.05) is 12.1 Å². The van der Waals surface area contributed by atoms with Crippen molar-refractivity contribution >= 4 is 5.91 Å². The SMILES string of the molecule is Cn1nccc1C(=O)N1CCOCC(Cc2cccc(F)c2)C1. The second-order valence-electron chi connectivity index (χ2n) is 5.87. The second-order valence-corrected chi connectivity index (χ2v) is 5.87. The quantitative estimate of drug-likeness (QED) is 0.868. The zero-order valence-corrected chi connectivity index (χ0v) is 13.1. The highest BCUT2D eigenvalue weighted by Crippen LogP contribution is 2.16. The molecule has 1 amide bonds. The topological polar surface area (TPSA) is 47.4 Å². The summed E-state index contributed by atoms with van der Waals surface area (Å²) in [5, 5.41) is 4.05. The van der Waals surface area contributed by atoms with Crippen LogP contribution in [-0.2, 0) is 18.2 Å². The van der Waals surface area contributed by atoms with Crippen LogP contribution < -0.4 is 0 Å². The molecule has 5 nitrogen and oxygen atoms in total. The molecule has 0 spiro atoms. The third kappa shape index (κ3) is 3.76. The number of ether oxygens (including phenoxy) is 1. The molecule has 0 aliphatic carbocycles. The van der Waals surface area contributed by atoms with Gasteiger partial charge >= 0.3 is 0 Å². The Morgan fingerprint density at radius 1 is 1.43 bits per heavy atom. The van der Waals surface area contributed by atoms with Crippen molar-refractivity contribution in [1.82, 2.24) is 14.7 Å². The van der Waals surface area contributed by atoms with Crippen molar-refractivity contribution in [2.45, 2.75) is 6.42 Å². The number of halogens is 1. The van der Waals surface area contributed by atoms with Crippen molar-refractivity contribution in [2.75, 3.05) is 26.3 Å². The van der Waals surface area contributed by atoms with Gasteiger partial charge in [0.1, 0.15) is 11.5 Å². The van der Waals surface area contributed by atoms with Crippen molar-refractivity contribution in [1.29, 1.82) is 0 Å². The molecule has 3 rings (SSSR count). The third-order valence-electron chi connectivity index (χ3n) is 4.08. The number of carbonyl (C=O) groups excluding carboxylic acids is 1. The van der Waals surface area contributed by atoms with Crippen molar-refractivity contribution in [2.24, 2.45) is 13.0 Å². The zero-order chi connectivity index (χ0) is 16.2. The van der Waals surface area contributed by atoms with Crippen LogP contribution in [0.25, 0.3) is 0 Å². The van der Waals surface area contributed by atoms with Crippen molar-refractivity contribution in [3.8, 4) is 0 Å². The maximum Gasteiger partial charge on any atom is 0.272 e. The number of aryl methyl sites for hydroxylation is 1. The Hall–Kier alpha value is -2.21. The number of hydrogen-bond acceptors (Lipinski definition) is 3. The smallest absolute Gasteiger partial charge is 0.272 e. The molecular weight excluding hydrogens is 297 g/mol. The van der Waals surface area contributed by atoms with Crippen molar-refractivity contribution < 1.29 is 13.9 Å². The molecule has 1 atom stereocenters. The molecule has 1 aliphatic rings. The molecule has 122 valence electrons. The Labute approximate surface area is 134 Å². The minimum atomic E-state index is -0.236. The van der Waals surface area contributed by atoms with E-state index in [0.717, 1.165) is 5.56 Å². The molecule has 0 bridgehead atoms. The summed E-state index contributed by atoms with van der Waals surface area (Å²) in [6, 6.07) is 8.31. The number of hydrogen-bond donors (Lipinski definition) is 0. The minimum Gasteiger partial charge on any atom is -0.379 e. The first-order chi connectivity index (χ1) is 11.1. The highest BCUT2D eigenvalue weighted by molar-refractivity contribution is 5.92. The molecular formula is C17H20FN3O2. The van der Waals surface area contributed by atoms with Gasteiger partial charge in [-0.05, 0) is 30.2 Å². The first kappa shape index (κ1) is 15.7. The van der Waals surface area contributed by atoms with E-state index in [9.17, 15) is 9.18 Å². The van der Waals surface area contributed by atoms with Crippen LogP contribution in [0.2, 0.25) is 0 Å². The van der Waals surface area contributed by atoms with E-state index in [0.29, 0.717) is 38.4 Å². The number of aromatic nitrogens is 2. The van der Waals surface area contributed by atoms with Gasteiger partial charge in [0.2, 0.25) is 0 Å². The van der Waals surface area contributed by atoms with Crippen molar-refractivity contribution in [3.05, 3.63) is 53.6 Å². The maximum absolute atomic E-state index is 13.3. The van der Waals surface area contributed by atoms with E-state index in [2.05, 4.69) is 5.10 Å². The first-order valence-electron chi connectivity index (χ1n) is 7.73. The van der Waals surface area contributed by atoms with Crippen LogP contribution in [0.4, 0.5) is 4.39 Å². The fourth-order valence-electron chi connectivity index (χ4n) is 2.93. The number of amides is 1. The molecule has 2 aromatic rings. The van der Waals surface area contributed by atoms with Gasteiger partial charge in [-0.3, -0.25) is 9.48 Å². The molecule has 0 radical (unpaired) electrons. The first-order valence-corrected chi connectivity index (χ1v) is 7.73. The highest BCUT2D eigenvalue weighted by Gasteiger charge is 2.25. The average molecular weight is 317 g/mol. The normalized spacial score (nSPS) is 18.7. The lowest BCUT2D eigenvalue weighted by Gasteiger charge is -2.23. The van der Waals surface area contributed by atoms with E-state index in [1.807, 2.05) is 6.07 Å². The van der Waals surface area contributed by atoms with Crippen LogP contribution in [0.1, 0.15) is 16.1 Å². The largest absolute Gasteiger partial charge is 0.379 e. The summed E-state index contributed by atoms with van der Waals surface area (Å²) in [4.78, 5) is 14.4. The van der Waals surface area contributed by atoms with Crippen molar-refractivity contribution in [3.63, 3.8) is 0 Å². The lowest BCUT2D eigenvalue weighted by Crippen LogP contribution is -2.37. The van der Waals surface area contributed by atoms with E-state index < -0.39 is 0 Å². The van der Waals surface area contributed by atoms with E-state index in [-0.39, 0.29) is 17.6 Å². The predicted molar refractivity (Wildman–Crippen MR) is 83.5 cm³/mol. The summed E-state index contributed by atoms with van der Waals surface area (Å²) in [7, 11) is 1.76. The van der Waals surface area contributed by atoms with E-state index >= 15 is 0 Å². The molecule has 0 saturated carbocycles. The zero-order valence-electron chi connectivity index (χ0n) is 13.1.